The maximum Gasteiger partial charge on any atom is 0.307 e. The number of hydrogen-bond donors (Lipinski definition) is 1. The second-order valence-electron chi connectivity index (χ2n) is 3.47. The number of methoxy groups -OCH3 is 1. The Balaban J connectivity index is 2.41. The molecule has 96 valence electrons. The molecule has 0 atom stereocenters. The van der Waals surface area contributed by atoms with Crippen molar-refractivity contribution in [2.75, 3.05) is 13.7 Å². The Bertz CT molecular complexity index is 457. The summed E-state index contributed by atoms with van der Waals surface area (Å²) in [7, 11) is 1.32. The van der Waals surface area contributed by atoms with E-state index in [0.717, 1.165) is 10.0 Å². The van der Waals surface area contributed by atoms with Gasteiger partial charge in [0.1, 0.15) is 0 Å². The van der Waals surface area contributed by atoms with E-state index in [1.807, 2.05) is 24.3 Å². The van der Waals surface area contributed by atoms with Crippen molar-refractivity contribution in [3.05, 3.63) is 40.4 Å². The zero-order valence-corrected chi connectivity index (χ0v) is 11.6. The number of hydrogen-bond acceptors (Lipinski definition) is 3. The van der Waals surface area contributed by atoms with E-state index >= 15 is 0 Å². The van der Waals surface area contributed by atoms with Crippen LogP contribution < -0.4 is 5.32 Å². The van der Waals surface area contributed by atoms with E-state index < -0.39 is 0 Å². The standard InChI is InChI=1S/C13H14BrNO3/c1-18-13(17)8-9-15-12(16)7-6-10-4-2-3-5-11(10)14/h2-7H,8-9H2,1H3,(H,15,16)/b7-6+. The Hall–Kier alpha value is -1.62. The Morgan fingerprint density at radius 1 is 1.39 bits per heavy atom. The highest BCUT2D eigenvalue weighted by Gasteiger charge is 2.01. The number of amides is 1. The van der Waals surface area contributed by atoms with Crippen LogP contribution in [-0.2, 0) is 14.3 Å². The summed E-state index contributed by atoms with van der Waals surface area (Å²) in [5.74, 6) is -0.584. The molecule has 1 amide bonds. The predicted octanol–water partition coefficient (Wildman–Crippen LogP) is 2.14. The molecule has 0 aromatic heterocycles. The van der Waals surface area contributed by atoms with E-state index in [1.54, 1.807) is 6.08 Å². The average molecular weight is 312 g/mol. The predicted molar refractivity (Wildman–Crippen MR) is 72.8 cm³/mol. The molecule has 0 saturated heterocycles. The average Bonchev–Trinajstić information content (AvgIpc) is 2.37. The Kier molecular flexibility index (Phi) is 6.14. The van der Waals surface area contributed by atoms with Gasteiger partial charge < -0.3 is 10.1 Å². The van der Waals surface area contributed by atoms with Crippen LogP contribution in [0.1, 0.15) is 12.0 Å². The second kappa shape index (κ2) is 7.66. The molecule has 0 radical (unpaired) electrons. The number of nitrogens with one attached hydrogen (secondary N) is 1. The van der Waals surface area contributed by atoms with Crippen molar-refractivity contribution in [3.63, 3.8) is 0 Å². The highest BCUT2D eigenvalue weighted by Crippen LogP contribution is 2.16. The fourth-order valence-corrected chi connectivity index (χ4v) is 1.64. The molecule has 0 aliphatic carbocycles. The molecule has 0 saturated carbocycles. The van der Waals surface area contributed by atoms with Gasteiger partial charge in [0.15, 0.2) is 0 Å². The van der Waals surface area contributed by atoms with Crippen LogP contribution >= 0.6 is 15.9 Å². The van der Waals surface area contributed by atoms with Gasteiger partial charge in [-0.2, -0.15) is 0 Å². The van der Waals surface area contributed by atoms with Crippen molar-refractivity contribution in [2.45, 2.75) is 6.42 Å². The monoisotopic (exact) mass is 311 g/mol. The molecule has 4 nitrogen and oxygen atoms in total. The highest BCUT2D eigenvalue weighted by molar-refractivity contribution is 9.10. The van der Waals surface area contributed by atoms with Crippen LogP contribution in [0.3, 0.4) is 0 Å². The summed E-state index contributed by atoms with van der Waals surface area (Å²) in [6.07, 6.45) is 3.31. The molecule has 1 rings (SSSR count). The zero-order valence-electron chi connectivity index (χ0n) is 9.98. The lowest BCUT2D eigenvalue weighted by Gasteiger charge is -2.01. The van der Waals surface area contributed by atoms with Crippen LogP contribution in [0.2, 0.25) is 0 Å². The van der Waals surface area contributed by atoms with Gasteiger partial charge in [0, 0.05) is 17.1 Å². The van der Waals surface area contributed by atoms with Crippen LogP contribution in [0.4, 0.5) is 0 Å². The first-order chi connectivity index (χ1) is 8.63. The minimum Gasteiger partial charge on any atom is -0.469 e. The van der Waals surface area contributed by atoms with Crippen LogP contribution in [-0.4, -0.2) is 25.5 Å². The summed E-state index contributed by atoms with van der Waals surface area (Å²) in [6, 6.07) is 7.58. The van der Waals surface area contributed by atoms with Gasteiger partial charge in [0.25, 0.3) is 0 Å². The third-order valence-corrected chi connectivity index (χ3v) is 2.90. The van der Waals surface area contributed by atoms with Crippen molar-refractivity contribution in [2.24, 2.45) is 0 Å². The fourth-order valence-electron chi connectivity index (χ4n) is 1.22. The molecule has 1 N–H and O–H groups in total. The summed E-state index contributed by atoms with van der Waals surface area (Å²) < 4.78 is 5.38. The Morgan fingerprint density at radius 2 is 2.11 bits per heavy atom. The van der Waals surface area contributed by atoms with Gasteiger partial charge in [-0.15, -0.1) is 0 Å². The van der Waals surface area contributed by atoms with Crippen molar-refractivity contribution in [1.82, 2.24) is 5.32 Å². The van der Waals surface area contributed by atoms with E-state index in [2.05, 4.69) is 26.0 Å². The maximum atomic E-state index is 11.4. The fraction of sp³-hybridized carbons (Fsp3) is 0.231. The van der Waals surface area contributed by atoms with Gasteiger partial charge in [-0.25, -0.2) is 0 Å². The lowest BCUT2D eigenvalue weighted by Crippen LogP contribution is -2.24. The number of carbonyl (C=O) groups is 2. The SMILES string of the molecule is COC(=O)CCNC(=O)/C=C/c1ccccc1Br. The van der Waals surface area contributed by atoms with Crippen LogP contribution in [0.25, 0.3) is 6.08 Å². The Labute approximate surface area is 114 Å². The van der Waals surface area contributed by atoms with Gasteiger partial charge in [0.05, 0.1) is 13.5 Å². The van der Waals surface area contributed by atoms with Crippen LogP contribution in [0.15, 0.2) is 34.8 Å². The van der Waals surface area contributed by atoms with Gasteiger partial charge >= 0.3 is 5.97 Å². The normalized spacial score (nSPS) is 10.3. The summed E-state index contributed by atoms with van der Waals surface area (Å²) in [4.78, 5) is 22.3. The van der Waals surface area contributed by atoms with Crippen LogP contribution in [0, 0.1) is 0 Å². The van der Waals surface area contributed by atoms with Gasteiger partial charge in [-0.1, -0.05) is 34.1 Å². The van der Waals surface area contributed by atoms with Gasteiger partial charge in [-0.05, 0) is 17.7 Å². The summed E-state index contributed by atoms with van der Waals surface area (Å²) in [5, 5.41) is 2.60. The van der Waals surface area contributed by atoms with Gasteiger partial charge in [-0.3, -0.25) is 9.59 Å². The van der Waals surface area contributed by atoms with E-state index in [-0.39, 0.29) is 24.8 Å². The molecule has 0 heterocycles. The first-order valence-corrected chi connectivity index (χ1v) is 6.20. The van der Waals surface area contributed by atoms with Crippen molar-refractivity contribution >= 4 is 33.9 Å². The smallest absolute Gasteiger partial charge is 0.307 e. The van der Waals surface area contributed by atoms with Crippen molar-refractivity contribution in [3.8, 4) is 0 Å². The molecule has 0 spiro atoms. The van der Waals surface area contributed by atoms with E-state index in [9.17, 15) is 9.59 Å². The summed E-state index contributed by atoms with van der Waals surface area (Å²) >= 11 is 3.38. The van der Waals surface area contributed by atoms with E-state index in [0.29, 0.717) is 0 Å². The zero-order chi connectivity index (χ0) is 13.4. The lowest BCUT2D eigenvalue weighted by atomic mass is 10.2. The molecular formula is C13H14BrNO3. The molecule has 0 aliphatic rings. The number of carbonyl (C=O) groups excluding carboxylic acids is 2. The van der Waals surface area contributed by atoms with Crippen LogP contribution in [0.5, 0.6) is 0 Å². The Morgan fingerprint density at radius 3 is 2.78 bits per heavy atom. The first kappa shape index (κ1) is 14.4. The van der Waals surface area contributed by atoms with E-state index in [1.165, 1.54) is 13.2 Å². The lowest BCUT2D eigenvalue weighted by molar-refractivity contribution is -0.140. The summed E-state index contributed by atoms with van der Waals surface area (Å²) in [6.45, 7) is 0.270. The van der Waals surface area contributed by atoms with Crippen molar-refractivity contribution in [1.29, 1.82) is 0 Å². The third-order valence-electron chi connectivity index (χ3n) is 2.18. The number of ether oxygens (including phenoxy) is 1. The molecule has 1 aromatic rings. The quantitative estimate of drug-likeness (QED) is 0.669. The molecule has 1 aromatic carbocycles. The van der Waals surface area contributed by atoms with Gasteiger partial charge in [0.2, 0.25) is 5.91 Å². The van der Waals surface area contributed by atoms with E-state index in [4.69, 9.17) is 0 Å². The molecule has 5 heteroatoms. The minimum absolute atomic E-state index is 0.172. The highest BCUT2D eigenvalue weighted by atomic mass is 79.9. The minimum atomic E-state index is -0.343. The molecule has 0 bridgehead atoms. The number of esters is 1. The maximum absolute atomic E-state index is 11.4. The van der Waals surface area contributed by atoms with Crippen molar-refractivity contribution < 1.29 is 14.3 Å². The number of rotatable bonds is 5. The first-order valence-electron chi connectivity index (χ1n) is 5.40. The molecule has 0 fully saturated rings. The molecule has 18 heavy (non-hydrogen) atoms. The molecular weight excluding hydrogens is 298 g/mol. The number of halogens is 1. The largest absolute Gasteiger partial charge is 0.469 e. The summed E-state index contributed by atoms with van der Waals surface area (Å²) in [5.41, 5.74) is 0.917. The molecule has 0 unspecified atom stereocenters. The number of benzene rings is 1. The second-order valence-corrected chi connectivity index (χ2v) is 4.33. The third kappa shape index (κ3) is 5.14. The topological polar surface area (TPSA) is 55.4 Å². The molecule has 0 aliphatic heterocycles.